The van der Waals surface area contributed by atoms with E-state index in [0.717, 1.165) is 0 Å². The highest BCUT2D eigenvalue weighted by Gasteiger charge is 2.32. The van der Waals surface area contributed by atoms with Crippen LogP contribution in [0.25, 0.3) is 0 Å². The van der Waals surface area contributed by atoms with Gasteiger partial charge >= 0.3 is 6.18 Å². The first-order valence-corrected chi connectivity index (χ1v) is 5.08. The zero-order chi connectivity index (χ0) is 13.7. The molecule has 0 heterocycles. The van der Waals surface area contributed by atoms with Crippen LogP contribution in [-0.2, 0) is 9.59 Å². The summed E-state index contributed by atoms with van der Waals surface area (Å²) >= 11 is 0. The van der Waals surface area contributed by atoms with Gasteiger partial charge in [-0.3, -0.25) is 4.79 Å². The van der Waals surface area contributed by atoms with Crippen LogP contribution in [0.5, 0.6) is 0 Å². The minimum absolute atomic E-state index is 0.229. The van der Waals surface area contributed by atoms with Crippen LogP contribution in [0.1, 0.15) is 20.8 Å². The molecule has 1 N–H and O–H groups in total. The average Bonchev–Trinajstić information content (AvgIpc) is 2.10. The summed E-state index contributed by atoms with van der Waals surface area (Å²) in [5, 5.41) is 2.77. The first kappa shape index (κ1) is 15.9. The number of hydrogen-bond donors (Lipinski definition) is 1. The first-order valence-electron chi connectivity index (χ1n) is 5.08. The van der Waals surface area contributed by atoms with Gasteiger partial charge in [-0.25, -0.2) is 0 Å². The van der Waals surface area contributed by atoms with Gasteiger partial charge in [-0.2, -0.15) is 13.2 Å². The smallest absolute Gasteiger partial charge is 0.325 e. The van der Waals surface area contributed by atoms with Crippen molar-refractivity contribution in [3.05, 3.63) is 0 Å². The Labute approximate surface area is 98.2 Å². The molecule has 1 amide bonds. The topological polar surface area (TPSA) is 49.4 Å². The Kier molecular flexibility index (Phi) is 5.60. The molecule has 0 aromatic rings. The average molecular weight is 254 g/mol. The number of nitrogens with zero attached hydrogens (tertiary/aromatic N) is 1. The summed E-state index contributed by atoms with van der Waals surface area (Å²) in [6, 6.07) is 0. The van der Waals surface area contributed by atoms with Crippen molar-refractivity contribution >= 4 is 12.2 Å². The Morgan fingerprint density at radius 1 is 1.29 bits per heavy atom. The third kappa shape index (κ3) is 8.67. The maximum atomic E-state index is 12.1. The van der Waals surface area contributed by atoms with Crippen molar-refractivity contribution in [2.45, 2.75) is 32.5 Å². The summed E-state index contributed by atoms with van der Waals surface area (Å²) in [6.45, 7) is 3.17. The van der Waals surface area contributed by atoms with Gasteiger partial charge in [0.1, 0.15) is 12.8 Å². The molecule has 0 spiro atoms. The molecule has 0 radical (unpaired) electrons. The fourth-order valence-corrected chi connectivity index (χ4v) is 1.01. The van der Waals surface area contributed by atoms with E-state index in [1.165, 1.54) is 0 Å². The molecular formula is C10H17F3N2O2. The summed E-state index contributed by atoms with van der Waals surface area (Å²) in [5.41, 5.74) is -0.374. The molecule has 0 rings (SSSR count). The molecule has 0 aliphatic heterocycles. The molecule has 0 saturated heterocycles. The lowest BCUT2D eigenvalue weighted by molar-refractivity contribution is -0.161. The molecule has 0 bridgehead atoms. The van der Waals surface area contributed by atoms with Crippen molar-refractivity contribution in [1.82, 2.24) is 10.2 Å². The van der Waals surface area contributed by atoms with E-state index in [4.69, 9.17) is 0 Å². The van der Waals surface area contributed by atoms with E-state index in [1.54, 1.807) is 20.8 Å². The normalized spacial score (nSPS) is 12.4. The minimum Gasteiger partial charge on any atom is -0.325 e. The number of carbonyl (C=O) groups excluding carboxylic acids is 2. The fourth-order valence-electron chi connectivity index (χ4n) is 1.01. The first-order chi connectivity index (χ1) is 7.55. The van der Waals surface area contributed by atoms with E-state index in [2.05, 4.69) is 5.32 Å². The summed E-state index contributed by atoms with van der Waals surface area (Å²) in [6.07, 6.45) is -4.22. The van der Waals surface area contributed by atoms with Gasteiger partial charge in [-0.15, -0.1) is 0 Å². The maximum absolute atomic E-state index is 12.1. The van der Waals surface area contributed by atoms with Crippen molar-refractivity contribution in [2.24, 2.45) is 0 Å². The summed E-state index contributed by atoms with van der Waals surface area (Å²) in [7, 11) is 0. The van der Waals surface area contributed by atoms with Gasteiger partial charge < -0.3 is 15.0 Å². The third-order valence-electron chi connectivity index (χ3n) is 1.79. The Morgan fingerprint density at radius 2 is 1.82 bits per heavy atom. The van der Waals surface area contributed by atoms with Crippen molar-refractivity contribution in [3.63, 3.8) is 0 Å². The van der Waals surface area contributed by atoms with E-state index < -0.39 is 25.2 Å². The second kappa shape index (κ2) is 6.00. The molecule has 7 heteroatoms. The van der Waals surface area contributed by atoms with E-state index in [-0.39, 0.29) is 18.4 Å². The summed E-state index contributed by atoms with van der Waals surface area (Å²) in [4.78, 5) is 22.2. The van der Waals surface area contributed by atoms with Crippen molar-refractivity contribution in [2.75, 3.05) is 19.6 Å². The SMILES string of the molecule is CC(C)(C)NCC(=O)N(CC=O)CC(F)(F)F. The van der Waals surface area contributed by atoms with E-state index in [9.17, 15) is 22.8 Å². The molecule has 0 aromatic heterocycles. The lowest BCUT2D eigenvalue weighted by Crippen LogP contribution is -2.47. The van der Waals surface area contributed by atoms with Gasteiger partial charge in [0.15, 0.2) is 0 Å². The van der Waals surface area contributed by atoms with Gasteiger partial charge in [0, 0.05) is 5.54 Å². The van der Waals surface area contributed by atoms with Crippen LogP contribution < -0.4 is 5.32 Å². The summed E-state index contributed by atoms with van der Waals surface area (Å²) in [5.74, 6) is -0.746. The summed E-state index contributed by atoms with van der Waals surface area (Å²) < 4.78 is 36.4. The number of aldehydes is 1. The molecule has 17 heavy (non-hydrogen) atoms. The third-order valence-corrected chi connectivity index (χ3v) is 1.79. The van der Waals surface area contributed by atoms with E-state index in [0.29, 0.717) is 4.90 Å². The number of amides is 1. The Hall–Kier alpha value is -1.11. The van der Waals surface area contributed by atoms with E-state index >= 15 is 0 Å². The number of hydrogen-bond acceptors (Lipinski definition) is 3. The largest absolute Gasteiger partial charge is 0.406 e. The molecule has 0 aromatic carbocycles. The quantitative estimate of drug-likeness (QED) is 0.744. The highest BCUT2D eigenvalue weighted by Crippen LogP contribution is 2.16. The monoisotopic (exact) mass is 254 g/mol. The van der Waals surface area contributed by atoms with Crippen LogP contribution in [0.2, 0.25) is 0 Å². The Morgan fingerprint density at radius 3 is 2.18 bits per heavy atom. The Balaban J connectivity index is 4.40. The minimum atomic E-state index is -4.50. The number of rotatable bonds is 5. The van der Waals surface area contributed by atoms with Gasteiger partial charge in [0.25, 0.3) is 0 Å². The molecule has 4 nitrogen and oxygen atoms in total. The lowest BCUT2D eigenvalue weighted by Gasteiger charge is -2.25. The van der Waals surface area contributed by atoms with Gasteiger partial charge in [0.05, 0.1) is 13.1 Å². The van der Waals surface area contributed by atoms with Crippen LogP contribution in [0.15, 0.2) is 0 Å². The zero-order valence-electron chi connectivity index (χ0n) is 10.1. The molecule has 0 aliphatic rings. The van der Waals surface area contributed by atoms with Crippen molar-refractivity contribution in [3.8, 4) is 0 Å². The predicted octanol–water partition coefficient (Wildman–Crippen LogP) is 0.964. The predicted molar refractivity (Wildman–Crippen MR) is 56.5 cm³/mol. The highest BCUT2D eigenvalue weighted by atomic mass is 19.4. The lowest BCUT2D eigenvalue weighted by atomic mass is 10.1. The van der Waals surface area contributed by atoms with Crippen LogP contribution in [-0.4, -0.2) is 48.4 Å². The van der Waals surface area contributed by atoms with Crippen LogP contribution >= 0.6 is 0 Å². The van der Waals surface area contributed by atoms with Crippen molar-refractivity contribution in [1.29, 1.82) is 0 Å². The number of halogens is 3. The van der Waals surface area contributed by atoms with E-state index in [1.807, 2.05) is 0 Å². The molecule has 0 fully saturated rings. The zero-order valence-corrected chi connectivity index (χ0v) is 10.1. The van der Waals surface area contributed by atoms with Crippen molar-refractivity contribution < 1.29 is 22.8 Å². The number of nitrogens with one attached hydrogen (secondary N) is 1. The van der Waals surface area contributed by atoms with Gasteiger partial charge in [0.2, 0.25) is 5.91 Å². The second-order valence-electron chi connectivity index (χ2n) is 4.66. The molecular weight excluding hydrogens is 237 g/mol. The molecule has 0 atom stereocenters. The van der Waals surface area contributed by atoms with Crippen LogP contribution in [0.3, 0.4) is 0 Å². The molecule has 0 saturated carbocycles. The molecule has 0 unspecified atom stereocenters. The van der Waals surface area contributed by atoms with Crippen LogP contribution in [0.4, 0.5) is 13.2 Å². The number of carbonyl (C=O) groups is 2. The van der Waals surface area contributed by atoms with Gasteiger partial charge in [-0.05, 0) is 20.8 Å². The highest BCUT2D eigenvalue weighted by molar-refractivity contribution is 5.80. The van der Waals surface area contributed by atoms with Gasteiger partial charge in [-0.1, -0.05) is 0 Å². The molecule has 0 aliphatic carbocycles. The second-order valence-corrected chi connectivity index (χ2v) is 4.66. The Bertz CT molecular complexity index is 272. The molecule has 100 valence electrons. The fraction of sp³-hybridized carbons (Fsp3) is 0.800. The standard InChI is InChI=1S/C10H17F3N2O2/c1-9(2,3)14-6-8(17)15(4-5-16)7-10(11,12)13/h5,14H,4,6-7H2,1-3H3. The maximum Gasteiger partial charge on any atom is 0.406 e. The number of alkyl halides is 3. The van der Waals surface area contributed by atoms with Crippen LogP contribution in [0, 0.1) is 0 Å².